The zero-order valence-corrected chi connectivity index (χ0v) is 16.5. The SMILES string of the molecule is Cc1cc(NCCCN(C)C)nc(NCCc2ccc(Cl)cc2Cl)n1. The molecule has 2 rings (SSSR count). The molecule has 0 bridgehead atoms. The third-order valence-corrected chi connectivity index (χ3v) is 4.22. The summed E-state index contributed by atoms with van der Waals surface area (Å²) in [6.07, 6.45) is 1.84. The van der Waals surface area contributed by atoms with Gasteiger partial charge in [-0.25, -0.2) is 4.98 Å². The molecule has 5 nitrogen and oxygen atoms in total. The topological polar surface area (TPSA) is 53.1 Å². The number of rotatable bonds is 9. The van der Waals surface area contributed by atoms with Crippen LogP contribution in [0.1, 0.15) is 17.7 Å². The monoisotopic (exact) mass is 381 g/mol. The Morgan fingerprint density at radius 1 is 1.04 bits per heavy atom. The van der Waals surface area contributed by atoms with Gasteiger partial charge in [0, 0.05) is 34.9 Å². The Morgan fingerprint density at radius 3 is 2.56 bits per heavy atom. The van der Waals surface area contributed by atoms with Gasteiger partial charge in [0.2, 0.25) is 5.95 Å². The molecule has 25 heavy (non-hydrogen) atoms. The Morgan fingerprint density at radius 2 is 1.84 bits per heavy atom. The van der Waals surface area contributed by atoms with E-state index in [0.29, 0.717) is 22.5 Å². The van der Waals surface area contributed by atoms with Crippen molar-refractivity contribution >= 4 is 35.0 Å². The van der Waals surface area contributed by atoms with Gasteiger partial charge in [0.15, 0.2) is 0 Å². The highest BCUT2D eigenvalue weighted by molar-refractivity contribution is 6.35. The highest BCUT2D eigenvalue weighted by Gasteiger charge is 2.04. The van der Waals surface area contributed by atoms with Crippen molar-refractivity contribution in [3.63, 3.8) is 0 Å². The number of benzene rings is 1. The molecule has 7 heteroatoms. The first-order valence-electron chi connectivity index (χ1n) is 8.36. The van der Waals surface area contributed by atoms with Crippen LogP contribution in [0.25, 0.3) is 0 Å². The van der Waals surface area contributed by atoms with Crippen LogP contribution in [0.3, 0.4) is 0 Å². The van der Waals surface area contributed by atoms with Crippen molar-refractivity contribution in [3.8, 4) is 0 Å². The fraction of sp³-hybridized carbons (Fsp3) is 0.444. The first-order valence-corrected chi connectivity index (χ1v) is 9.12. The summed E-state index contributed by atoms with van der Waals surface area (Å²) in [7, 11) is 4.15. The fourth-order valence-electron chi connectivity index (χ4n) is 2.38. The Balaban J connectivity index is 1.86. The molecule has 1 aromatic carbocycles. The van der Waals surface area contributed by atoms with Gasteiger partial charge in [-0.2, -0.15) is 4.98 Å². The minimum absolute atomic E-state index is 0.625. The third kappa shape index (κ3) is 7.06. The molecule has 0 aliphatic carbocycles. The molecule has 0 aliphatic heterocycles. The smallest absolute Gasteiger partial charge is 0.224 e. The van der Waals surface area contributed by atoms with Gasteiger partial charge in [-0.3, -0.25) is 0 Å². The summed E-state index contributed by atoms with van der Waals surface area (Å²) in [5, 5.41) is 7.94. The first kappa shape index (κ1) is 19.8. The quantitative estimate of drug-likeness (QED) is 0.640. The number of nitrogens with one attached hydrogen (secondary N) is 2. The molecule has 0 fully saturated rings. The molecular formula is C18H25Cl2N5. The van der Waals surface area contributed by atoms with E-state index in [1.165, 1.54) is 0 Å². The summed E-state index contributed by atoms with van der Waals surface area (Å²) in [4.78, 5) is 11.1. The van der Waals surface area contributed by atoms with Crippen molar-refractivity contribution in [3.05, 3.63) is 45.6 Å². The van der Waals surface area contributed by atoms with Gasteiger partial charge >= 0.3 is 0 Å². The zero-order chi connectivity index (χ0) is 18.2. The van der Waals surface area contributed by atoms with Gasteiger partial charge in [-0.15, -0.1) is 0 Å². The molecule has 1 heterocycles. The lowest BCUT2D eigenvalue weighted by atomic mass is 10.1. The summed E-state index contributed by atoms with van der Waals surface area (Å²) in [6.45, 7) is 4.59. The number of hydrogen-bond acceptors (Lipinski definition) is 5. The molecule has 0 saturated heterocycles. The predicted octanol–water partition coefficient (Wildman–Crippen LogP) is 4.11. The molecule has 0 radical (unpaired) electrons. The van der Waals surface area contributed by atoms with Crippen LogP contribution in [-0.2, 0) is 6.42 Å². The van der Waals surface area contributed by atoms with Crippen molar-refractivity contribution in [1.29, 1.82) is 0 Å². The van der Waals surface area contributed by atoms with E-state index < -0.39 is 0 Å². The van der Waals surface area contributed by atoms with E-state index in [4.69, 9.17) is 23.2 Å². The molecule has 0 amide bonds. The third-order valence-electron chi connectivity index (χ3n) is 3.64. The summed E-state index contributed by atoms with van der Waals surface area (Å²) in [5.41, 5.74) is 1.98. The number of nitrogens with zero attached hydrogens (tertiary/aromatic N) is 3. The summed E-state index contributed by atoms with van der Waals surface area (Å²) in [5.74, 6) is 1.47. The lowest BCUT2D eigenvalue weighted by Crippen LogP contribution is -2.17. The van der Waals surface area contributed by atoms with Crippen LogP contribution in [0.2, 0.25) is 10.0 Å². The number of aryl methyl sites for hydroxylation is 1. The van der Waals surface area contributed by atoms with Crippen LogP contribution in [0.15, 0.2) is 24.3 Å². The molecule has 0 atom stereocenters. The van der Waals surface area contributed by atoms with E-state index in [1.807, 2.05) is 25.1 Å². The van der Waals surface area contributed by atoms with Gasteiger partial charge in [0.05, 0.1) is 0 Å². The van der Waals surface area contributed by atoms with Crippen molar-refractivity contribution in [2.24, 2.45) is 0 Å². The minimum atomic E-state index is 0.625. The molecule has 1 aromatic heterocycles. The Kier molecular flexibility index (Phi) is 7.75. The lowest BCUT2D eigenvalue weighted by Gasteiger charge is -2.12. The van der Waals surface area contributed by atoms with Crippen LogP contribution in [0.5, 0.6) is 0 Å². The number of halogens is 2. The van der Waals surface area contributed by atoms with Crippen LogP contribution in [0.4, 0.5) is 11.8 Å². The summed E-state index contributed by atoms with van der Waals surface area (Å²) >= 11 is 12.1. The summed E-state index contributed by atoms with van der Waals surface area (Å²) in [6, 6.07) is 7.51. The summed E-state index contributed by atoms with van der Waals surface area (Å²) < 4.78 is 0. The number of aromatic nitrogens is 2. The van der Waals surface area contributed by atoms with Crippen molar-refractivity contribution in [2.75, 3.05) is 44.4 Å². The molecule has 2 N–H and O–H groups in total. The van der Waals surface area contributed by atoms with Gasteiger partial charge in [0.1, 0.15) is 5.82 Å². The molecule has 0 unspecified atom stereocenters. The van der Waals surface area contributed by atoms with E-state index >= 15 is 0 Å². The van der Waals surface area contributed by atoms with Crippen molar-refractivity contribution in [2.45, 2.75) is 19.8 Å². The Labute approximate surface area is 159 Å². The highest BCUT2D eigenvalue weighted by Crippen LogP contribution is 2.21. The van der Waals surface area contributed by atoms with Crippen LogP contribution in [0, 0.1) is 6.92 Å². The van der Waals surface area contributed by atoms with Gasteiger partial charge in [0.25, 0.3) is 0 Å². The average Bonchev–Trinajstić information content (AvgIpc) is 2.53. The lowest BCUT2D eigenvalue weighted by molar-refractivity contribution is 0.405. The molecule has 0 saturated carbocycles. The second-order valence-electron chi connectivity index (χ2n) is 6.21. The van der Waals surface area contributed by atoms with E-state index in [2.05, 4.69) is 39.6 Å². The second kappa shape index (κ2) is 9.80. The Bertz CT molecular complexity index is 691. The van der Waals surface area contributed by atoms with E-state index in [9.17, 15) is 0 Å². The van der Waals surface area contributed by atoms with Gasteiger partial charge in [-0.1, -0.05) is 29.3 Å². The van der Waals surface area contributed by atoms with E-state index in [0.717, 1.165) is 43.0 Å². The number of anilines is 2. The van der Waals surface area contributed by atoms with E-state index in [1.54, 1.807) is 6.07 Å². The second-order valence-corrected chi connectivity index (χ2v) is 7.06. The number of hydrogen-bond donors (Lipinski definition) is 2. The first-order chi connectivity index (χ1) is 11.9. The van der Waals surface area contributed by atoms with E-state index in [-0.39, 0.29) is 0 Å². The van der Waals surface area contributed by atoms with Gasteiger partial charge in [-0.05, 0) is 58.1 Å². The maximum atomic E-state index is 6.20. The standard InChI is InChI=1S/C18H25Cl2N5/c1-13-11-17(21-8-4-10-25(2)3)24-18(23-13)22-9-7-14-5-6-15(19)12-16(14)20/h5-6,11-12H,4,7-10H2,1-3H3,(H2,21,22,23,24). The largest absolute Gasteiger partial charge is 0.370 e. The van der Waals surface area contributed by atoms with Crippen LogP contribution >= 0.6 is 23.2 Å². The van der Waals surface area contributed by atoms with Crippen LogP contribution < -0.4 is 10.6 Å². The van der Waals surface area contributed by atoms with Crippen LogP contribution in [-0.4, -0.2) is 48.6 Å². The average molecular weight is 382 g/mol. The molecule has 136 valence electrons. The fourth-order valence-corrected chi connectivity index (χ4v) is 2.89. The maximum Gasteiger partial charge on any atom is 0.224 e. The molecule has 0 aliphatic rings. The van der Waals surface area contributed by atoms with Crippen molar-refractivity contribution < 1.29 is 0 Å². The molecule has 2 aromatic rings. The normalized spacial score (nSPS) is 11.0. The Hall–Kier alpha value is -1.56. The highest BCUT2D eigenvalue weighted by atomic mass is 35.5. The maximum absolute atomic E-state index is 6.20. The minimum Gasteiger partial charge on any atom is -0.370 e. The van der Waals surface area contributed by atoms with Crippen molar-refractivity contribution in [1.82, 2.24) is 14.9 Å². The molecule has 0 spiro atoms. The zero-order valence-electron chi connectivity index (χ0n) is 14.9. The molecular weight excluding hydrogens is 357 g/mol. The predicted molar refractivity (Wildman–Crippen MR) is 107 cm³/mol. The van der Waals surface area contributed by atoms with Gasteiger partial charge < -0.3 is 15.5 Å².